The first-order valence-corrected chi connectivity index (χ1v) is 11.5. The molecule has 0 unspecified atom stereocenters. The molecule has 0 radical (unpaired) electrons. The van der Waals surface area contributed by atoms with Crippen LogP contribution < -0.4 is 14.5 Å². The highest BCUT2D eigenvalue weighted by atomic mass is 32.2. The van der Waals surface area contributed by atoms with Crippen LogP contribution in [-0.2, 0) is 21.2 Å². The van der Waals surface area contributed by atoms with Crippen LogP contribution in [-0.4, -0.2) is 33.2 Å². The van der Waals surface area contributed by atoms with E-state index in [1.54, 1.807) is 49.0 Å². The first-order chi connectivity index (χ1) is 14.4. The van der Waals surface area contributed by atoms with Gasteiger partial charge in [0, 0.05) is 13.0 Å². The van der Waals surface area contributed by atoms with E-state index in [0.29, 0.717) is 30.8 Å². The predicted molar refractivity (Wildman–Crippen MR) is 116 cm³/mol. The molecule has 0 aliphatic rings. The Morgan fingerprint density at radius 2 is 1.63 bits per heavy atom. The van der Waals surface area contributed by atoms with Crippen molar-refractivity contribution in [2.75, 3.05) is 18.0 Å². The number of nitrogens with zero attached hydrogens (tertiary/aromatic N) is 1. The molecular formula is C22H30N2O5S. The molecule has 0 spiro atoms. The Morgan fingerprint density at radius 3 is 2.20 bits per heavy atom. The highest BCUT2D eigenvalue weighted by Gasteiger charge is 2.24. The first kappa shape index (κ1) is 23.7. The Labute approximate surface area is 178 Å². The minimum Gasteiger partial charge on any atom is -0.497 e. The molecule has 2 rings (SSSR count). The third kappa shape index (κ3) is 6.47. The first-order valence-electron chi connectivity index (χ1n) is 10.1. The third-order valence-electron chi connectivity index (χ3n) is 4.92. The van der Waals surface area contributed by atoms with Gasteiger partial charge in [-0.05, 0) is 61.2 Å². The maximum Gasteiger partial charge on any atom is 0.264 e. The molecule has 8 heteroatoms. The normalized spacial score (nSPS) is 11.2. The summed E-state index contributed by atoms with van der Waals surface area (Å²) in [5.74, 6) is 0.249. The second-order valence-electron chi connectivity index (χ2n) is 6.97. The lowest BCUT2D eigenvalue weighted by molar-refractivity contribution is -0.129. The summed E-state index contributed by atoms with van der Waals surface area (Å²) >= 11 is 0. The van der Waals surface area contributed by atoms with Crippen LogP contribution in [0.2, 0.25) is 0 Å². The summed E-state index contributed by atoms with van der Waals surface area (Å²) in [7, 11) is -2.15. The van der Waals surface area contributed by atoms with E-state index in [1.807, 2.05) is 19.1 Å². The van der Waals surface area contributed by atoms with Gasteiger partial charge in [0.05, 0.1) is 17.7 Å². The largest absolute Gasteiger partial charge is 0.497 e. The highest BCUT2D eigenvalue weighted by molar-refractivity contribution is 7.92. The van der Waals surface area contributed by atoms with Crippen molar-refractivity contribution in [2.45, 2.75) is 50.3 Å². The quantitative estimate of drug-likeness (QED) is 0.300. The second-order valence-corrected chi connectivity index (χ2v) is 8.83. The lowest BCUT2D eigenvalue weighted by Crippen LogP contribution is -2.32. The number of methoxy groups -OCH3 is 1. The van der Waals surface area contributed by atoms with Gasteiger partial charge in [-0.1, -0.05) is 31.9 Å². The van der Waals surface area contributed by atoms with E-state index in [-0.39, 0.29) is 11.3 Å². The van der Waals surface area contributed by atoms with Crippen molar-refractivity contribution < 1.29 is 23.2 Å². The summed E-state index contributed by atoms with van der Waals surface area (Å²) in [6, 6.07) is 13.9. The summed E-state index contributed by atoms with van der Waals surface area (Å²) in [6.07, 6.45) is 3.93. The van der Waals surface area contributed by atoms with Gasteiger partial charge in [-0.2, -0.15) is 0 Å². The van der Waals surface area contributed by atoms with E-state index < -0.39 is 15.9 Å². The summed E-state index contributed by atoms with van der Waals surface area (Å²) < 4.78 is 33.3. The molecule has 0 atom stereocenters. The molecule has 0 aliphatic carbocycles. The van der Waals surface area contributed by atoms with Crippen molar-refractivity contribution in [3.05, 3.63) is 54.1 Å². The van der Waals surface area contributed by atoms with Gasteiger partial charge in [-0.25, -0.2) is 13.9 Å². The number of anilines is 1. The Hall–Kier alpha value is -2.58. The number of amides is 1. The zero-order valence-electron chi connectivity index (χ0n) is 17.5. The van der Waals surface area contributed by atoms with Gasteiger partial charge < -0.3 is 4.74 Å². The van der Waals surface area contributed by atoms with Gasteiger partial charge >= 0.3 is 0 Å². The molecular weight excluding hydrogens is 404 g/mol. The van der Waals surface area contributed by atoms with E-state index in [9.17, 15) is 13.2 Å². The molecule has 0 saturated heterocycles. The van der Waals surface area contributed by atoms with E-state index in [1.165, 1.54) is 4.31 Å². The van der Waals surface area contributed by atoms with Crippen molar-refractivity contribution in [1.82, 2.24) is 5.48 Å². The van der Waals surface area contributed by atoms with E-state index >= 15 is 0 Å². The van der Waals surface area contributed by atoms with Crippen molar-refractivity contribution in [3.63, 3.8) is 0 Å². The third-order valence-corrected chi connectivity index (χ3v) is 6.76. The molecule has 2 N–H and O–H groups in total. The molecule has 30 heavy (non-hydrogen) atoms. The molecule has 164 valence electrons. The van der Waals surface area contributed by atoms with Crippen LogP contribution in [0.25, 0.3) is 0 Å². The van der Waals surface area contributed by atoms with Crippen LogP contribution in [0.5, 0.6) is 5.75 Å². The fourth-order valence-corrected chi connectivity index (χ4v) is 4.61. The summed E-state index contributed by atoms with van der Waals surface area (Å²) in [6.45, 7) is 2.35. The molecule has 0 saturated carbocycles. The molecule has 2 aromatic carbocycles. The average Bonchev–Trinajstić information content (AvgIpc) is 2.78. The highest BCUT2D eigenvalue weighted by Crippen LogP contribution is 2.27. The number of carbonyl (C=O) groups is 1. The molecule has 0 fully saturated rings. The zero-order chi connectivity index (χ0) is 22.0. The van der Waals surface area contributed by atoms with Crippen LogP contribution >= 0.6 is 0 Å². The molecule has 2 aromatic rings. The number of hydroxylamine groups is 1. The van der Waals surface area contributed by atoms with Crippen LogP contribution in [0.3, 0.4) is 0 Å². The van der Waals surface area contributed by atoms with E-state index in [0.717, 1.165) is 24.8 Å². The number of hydrogen-bond donors (Lipinski definition) is 2. The minimum absolute atomic E-state index is 0.251. The number of benzene rings is 2. The Bertz CT molecular complexity index is 896. The number of unbranched alkanes of at least 4 members (excludes halogenated alkanes) is 3. The van der Waals surface area contributed by atoms with Crippen LogP contribution in [0.4, 0.5) is 5.69 Å². The minimum atomic E-state index is -3.71. The van der Waals surface area contributed by atoms with E-state index in [2.05, 4.69) is 0 Å². The van der Waals surface area contributed by atoms with Crippen molar-refractivity contribution in [3.8, 4) is 5.75 Å². The van der Waals surface area contributed by atoms with Crippen LogP contribution in [0.1, 0.15) is 44.6 Å². The Kier molecular flexibility index (Phi) is 9.14. The van der Waals surface area contributed by atoms with Gasteiger partial charge in [0.25, 0.3) is 10.0 Å². The number of sulfonamides is 1. The maximum absolute atomic E-state index is 13.3. The number of rotatable bonds is 12. The summed E-state index contributed by atoms with van der Waals surface area (Å²) in [5, 5.41) is 8.52. The monoisotopic (exact) mass is 434 g/mol. The van der Waals surface area contributed by atoms with Crippen molar-refractivity contribution in [1.29, 1.82) is 0 Å². The molecule has 0 bridgehead atoms. The van der Waals surface area contributed by atoms with Crippen LogP contribution in [0, 0.1) is 0 Å². The molecule has 0 heterocycles. The molecule has 1 amide bonds. The second kappa shape index (κ2) is 11.6. The zero-order valence-corrected chi connectivity index (χ0v) is 18.3. The van der Waals surface area contributed by atoms with E-state index in [4.69, 9.17) is 9.94 Å². The smallest absolute Gasteiger partial charge is 0.264 e. The SMILES string of the molecule is CCc1ccc(S(=O)(=O)N(CCCCCCC(=O)NO)c2ccc(OC)cc2)cc1. The standard InChI is InChI=1S/C22H30N2O5S/c1-3-18-9-15-21(16-10-18)30(27,28)24(19-11-13-20(29-2)14-12-19)17-7-5-4-6-8-22(25)23-26/h9-16,26H,3-8,17H2,1-2H3,(H,23,25). The molecule has 0 aliphatic heterocycles. The van der Waals surface area contributed by atoms with Gasteiger partial charge in [-0.15, -0.1) is 0 Å². The lowest BCUT2D eigenvalue weighted by atomic mass is 10.1. The number of carbonyl (C=O) groups excluding carboxylic acids is 1. The lowest BCUT2D eigenvalue weighted by Gasteiger charge is -2.25. The molecule has 0 aromatic heterocycles. The number of hydrogen-bond acceptors (Lipinski definition) is 5. The fraction of sp³-hybridized carbons (Fsp3) is 0.409. The fourth-order valence-electron chi connectivity index (χ4n) is 3.11. The van der Waals surface area contributed by atoms with Crippen molar-refractivity contribution in [2.24, 2.45) is 0 Å². The van der Waals surface area contributed by atoms with Gasteiger partial charge in [0.1, 0.15) is 5.75 Å². The van der Waals surface area contributed by atoms with Crippen LogP contribution in [0.15, 0.2) is 53.4 Å². The Balaban J connectivity index is 2.14. The average molecular weight is 435 g/mol. The van der Waals surface area contributed by atoms with Crippen molar-refractivity contribution >= 4 is 21.6 Å². The number of aryl methyl sites for hydroxylation is 1. The topological polar surface area (TPSA) is 95.9 Å². The maximum atomic E-state index is 13.3. The molecule has 7 nitrogen and oxygen atoms in total. The van der Waals surface area contributed by atoms with Gasteiger partial charge in [-0.3, -0.25) is 14.3 Å². The summed E-state index contributed by atoms with van der Waals surface area (Å²) in [5.41, 5.74) is 3.27. The number of nitrogens with one attached hydrogen (secondary N) is 1. The van der Waals surface area contributed by atoms with Gasteiger partial charge in [0.2, 0.25) is 5.91 Å². The van der Waals surface area contributed by atoms with Gasteiger partial charge in [0.15, 0.2) is 0 Å². The predicted octanol–water partition coefficient (Wildman–Crippen LogP) is 3.91. The number of ether oxygens (including phenoxy) is 1. The summed E-state index contributed by atoms with van der Waals surface area (Å²) in [4.78, 5) is 11.3. The Morgan fingerprint density at radius 1 is 1.00 bits per heavy atom.